The Kier molecular flexibility index (Phi) is 5.88. The van der Waals surface area contributed by atoms with E-state index in [1.54, 1.807) is 20.8 Å². The number of carbonyl (C=O) groups is 1. The van der Waals surface area contributed by atoms with Gasteiger partial charge in [0.2, 0.25) is 0 Å². The Morgan fingerprint density at radius 2 is 1.91 bits per heavy atom. The van der Waals surface area contributed by atoms with Gasteiger partial charge in [-0.25, -0.2) is 0 Å². The Labute approximate surface area is 131 Å². The molecule has 1 aromatic rings. The molecule has 0 fully saturated rings. The third kappa shape index (κ3) is 4.74. The molecule has 0 unspecified atom stereocenters. The molecule has 116 valence electrons. The first kappa shape index (κ1) is 17.4. The van der Waals surface area contributed by atoms with Crippen molar-refractivity contribution in [1.29, 1.82) is 5.26 Å². The van der Waals surface area contributed by atoms with Crippen LogP contribution in [-0.4, -0.2) is 18.6 Å². The minimum Gasteiger partial charge on any atom is -0.399 e. The molecule has 0 atom stereocenters. The third-order valence-corrected chi connectivity index (χ3v) is 2.96. The minimum absolute atomic E-state index is 0.105. The van der Waals surface area contributed by atoms with Crippen molar-refractivity contribution in [2.75, 3.05) is 12.4 Å². The molecule has 0 aliphatic rings. The second-order valence-electron chi connectivity index (χ2n) is 5.83. The zero-order valence-corrected chi connectivity index (χ0v) is 13.6. The molecule has 0 spiro atoms. The summed E-state index contributed by atoms with van der Waals surface area (Å²) >= 11 is 0. The zero-order valence-electron chi connectivity index (χ0n) is 13.6. The van der Waals surface area contributed by atoms with Gasteiger partial charge in [-0.05, 0) is 24.6 Å². The number of carbonyl (C=O) groups excluding carboxylic acids is 1. The van der Waals surface area contributed by atoms with E-state index >= 15 is 0 Å². The van der Waals surface area contributed by atoms with E-state index in [2.05, 4.69) is 10.5 Å². The Balaban J connectivity index is 2.88. The van der Waals surface area contributed by atoms with Gasteiger partial charge in [-0.3, -0.25) is 4.79 Å². The molecule has 0 bridgehead atoms. The number of ketones is 1. The smallest absolute Gasteiger partial charge is 0.180 e. The normalized spacial score (nSPS) is 12.5. The van der Waals surface area contributed by atoms with Gasteiger partial charge < -0.3 is 10.2 Å². The van der Waals surface area contributed by atoms with Gasteiger partial charge in [-0.2, -0.15) is 5.26 Å². The Morgan fingerprint density at radius 3 is 2.36 bits per heavy atom. The molecule has 0 saturated carbocycles. The van der Waals surface area contributed by atoms with Crippen molar-refractivity contribution in [3.63, 3.8) is 0 Å². The zero-order chi connectivity index (χ0) is 16.8. The van der Waals surface area contributed by atoms with Crippen molar-refractivity contribution < 1.29 is 9.63 Å². The average molecular weight is 299 g/mol. The number of hydrogen-bond donors (Lipinski definition) is 1. The molecule has 0 aliphatic heterocycles. The fourth-order valence-electron chi connectivity index (χ4n) is 1.71. The van der Waals surface area contributed by atoms with E-state index in [0.717, 1.165) is 17.0 Å². The van der Waals surface area contributed by atoms with E-state index in [0.29, 0.717) is 0 Å². The van der Waals surface area contributed by atoms with E-state index in [1.165, 1.54) is 13.3 Å². The van der Waals surface area contributed by atoms with Crippen LogP contribution in [0.1, 0.15) is 33.3 Å². The maximum absolute atomic E-state index is 12.1. The van der Waals surface area contributed by atoms with Crippen LogP contribution >= 0.6 is 0 Å². The second kappa shape index (κ2) is 7.41. The number of hydrogen-bond acceptors (Lipinski definition) is 5. The molecule has 0 aromatic heterocycles. The number of nitrogens with zero attached hydrogens (tertiary/aromatic N) is 2. The van der Waals surface area contributed by atoms with Gasteiger partial charge in [0.15, 0.2) is 5.78 Å². The first-order valence-electron chi connectivity index (χ1n) is 6.89. The standard InChI is InChI=1S/C17H21N3O2/c1-12(20-22-5)13-6-8-15(9-7-13)19-11-14(10-18)16(21)17(2,3)4/h6-9,11,19H,1-5H3. The Hall–Kier alpha value is -2.61. The van der Waals surface area contributed by atoms with Gasteiger partial charge in [-0.15, -0.1) is 0 Å². The van der Waals surface area contributed by atoms with Crippen LogP contribution in [0.15, 0.2) is 41.2 Å². The first-order valence-corrected chi connectivity index (χ1v) is 6.89. The van der Waals surface area contributed by atoms with Crippen LogP contribution in [0.2, 0.25) is 0 Å². The summed E-state index contributed by atoms with van der Waals surface area (Å²) in [5.41, 5.74) is 2.01. The predicted octanol–water partition coefficient (Wildman–Crippen LogP) is 3.49. The van der Waals surface area contributed by atoms with Gasteiger partial charge in [-0.1, -0.05) is 38.1 Å². The average Bonchev–Trinajstić information content (AvgIpc) is 2.47. The van der Waals surface area contributed by atoms with E-state index in [1.807, 2.05) is 37.3 Å². The lowest BCUT2D eigenvalue weighted by Gasteiger charge is -2.15. The Bertz CT molecular complexity index is 629. The monoisotopic (exact) mass is 299 g/mol. The number of nitriles is 1. The fourth-order valence-corrected chi connectivity index (χ4v) is 1.71. The van der Waals surface area contributed by atoms with E-state index in [-0.39, 0.29) is 11.4 Å². The molecular formula is C17H21N3O2. The second-order valence-corrected chi connectivity index (χ2v) is 5.83. The number of anilines is 1. The van der Waals surface area contributed by atoms with Crippen LogP contribution in [0, 0.1) is 16.7 Å². The highest BCUT2D eigenvalue weighted by Crippen LogP contribution is 2.20. The molecule has 1 N–H and O–H groups in total. The molecule has 1 rings (SSSR count). The lowest BCUT2D eigenvalue weighted by molar-refractivity contribution is -0.122. The van der Waals surface area contributed by atoms with Crippen molar-refractivity contribution in [1.82, 2.24) is 0 Å². The summed E-state index contributed by atoms with van der Waals surface area (Å²) in [6, 6.07) is 9.39. The fraction of sp³-hybridized carbons (Fsp3) is 0.353. The molecule has 0 amide bonds. The topological polar surface area (TPSA) is 74.5 Å². The molecule has 5 heteroatoms. The van der Waals surface area contributed by atoms with Crippen molar-refractivity contribution in [3.8, 4) is 6.07 Å². The van der Waals surface area contributed by atoms with Crippen molar-refractivity contribution in [2.45, 2.75) is 27.7 Å². The van der Waals surface area contributed by atoms with E-state index < -0.39 is 5.41 Å². The predicted molar refractivity (Wildman–Crippen MR) is 87.4 cm³/mol. The molecule has 0 radical (unpaired) electrons. The number of allylic oxidation sites excluding steroid dienone is 1. The molecule has 5 nitrogen and oxygen atoms in total. The van der Waals surface area contributed by atoms with E-state index in [4.69, 9.17) is 10.1 Å². The van der Waals surface area contributed by atoms with Crippen LogP contribution in [-0.2, 0) is 9.63 Å². The van der Waals surface area contributed by atoms with Crippen LogP contribution in [0.25, 0.3) is 0 Å². The van der Waals surface area contributed by atoms with Gasteiger partial charge in [0, 0.05) is 17.3 Å². The summed E-state index contributed by atoms with van der Waals surface area (Å²) in [7, 11) is 1.50. The number of oxime groups is 1. The van der Waals surface area contributed by atoms with Crippen LogP contribution in [0.4, 0.5) is 5.69 Å². The lowest BCUT2D eigenvalue weighted by Crippen LogP contribution is -2.22. The molecule has 0 saturated heterocycles. The number of benzene rings is 1. The highest BCUT2D eigenvalue weighted by molar-refractivity contribution is 6.02. The largest absolute Gasteiger partial charge is 0.399 e. The lowest BCUT2D eigenvalue weighted by atomic mass is 9.87. The summed E-state index contributed by atoms with van der Waals surface area (Å²) < 4.78 is 0. The third-order valence-electron chi connectivity index (χ3n) is 2.96. The highest BCUT2D eigenvalue weighted by atomic mass is 16.6. The molecular weight excluding hydrogens is 278 g/mol. The van der Waals surface area contributed by atoms with Crippen molar-refractivity contribution in [2.24, 2.45) is 10.6 Å². The number of rotatable bonds is 5. The number of Topliss-reactive ketones (excluding diaryl/α,β-unsaturated/α-hetero) is 1. The quantitative estimate of drug-likeness (QED) is 0.391. The van der Waals surface area contributed by atoms with Gasteiger partial charge >= 0.3 is 0 Å². The minimum atomic E-state index is -0.583. The van der Waals surface area contributed by atoms with Crippen LogP contribution in [0.3, 0.4) is 0 Å². The van der Waals surface area contributed by atoms with Crippen LogP contribution in [0.5, 0.6) is 0 Å². The summed E-state index contributed by atoms with van der Waals surface area (Å²) in [6.07, 6.45) is 1.44. The first-order chi connectivity index (χ1) is 10.3. The molecule has 0 aliphatic carbocycles. The van der Waals surface area contributed by atoms with Gasteiger partial charge in [0.05, 0.1) is 5.71 Å². The SMILES string of the molecule is CON=C(C)c1ccc(NC=C(C#N)C(=O)C(C)(C)C)cc1. The maximum atomic E-state index is 12.1. The van der Waals surface area contributed by atoms with Gasteiger partial charge in [0.25, 0.3) is 0 Å². The molecule has 1 aromatic carbocycles. The van der Waals surface area contributed by atoms with Crippen molar-refractivity contribution in [3.05, 3.63) is 41.6 Å². The summed E-state index contributed by atoms with van der Waals surface area (Å²) in [4.78, 5) is 16.8. The van der Waals surface area contributed by atoms with E-state index in [9.17, 15) is 4.79 Å². The Morgan fingerprint density at radius 1 is 1.32 bits per heavy atom. The summed E-state index contributed by atoms with van der Waals surface area (Å²) in [5.74, 6) is -0.192. The molecule has 22 heavy (non-hydrogen) atoms. The number of nitrogens with one attached hydrogen (secondary N) is 1. The highest BCUT2D eigenvalue weighted by Gasteiger charge is 2.24. The van der Waals surface area contributed by atoms with Gasteiger partial charge in [0.1, 0.15) is 18.8 Å². The van der Waals surface area contributed by atoms with Crippen LogP contribution < -0.4 is 5.32 Å². The summed E-state index contributed by atoms with van der Waals surface area (Å²) in [5, 5.41) is 15.9. The van der Waals surface area contributed by atoms with Crippen molar-refractivity contribution >= 4 is 17.2 Å². The maximum Gasteiger partial charge on any atom is 0.180 e. The molecule has 0 heterocycles. The summed E-state index contributed by atoms with van der Waals surface area (Å²) in [6.45, 7) is 7.20.